The molecule has 5 heteroatoms. The zero-order valence-corrected chi connectivity index (χ0v) is 13.9. The summed E-state index contributed by atoms with van der Waals surface area (Å²) < 4.78 is 5.44. The summed E-state index contributed by atoms with van der Waals surface area (Å²) in [6.45, 7) is 4.01. The lowest BCUT2D eigenvalue weighted by molar-refractivity contribution is 0.0950. The van der Waals surface area contributed by atoms with Crippen LogP contribution < -0.4 is 10.1 Å². The Balaban J connectivity index is 2.08. The third kappa shape index (κ3) is 5.07. The van der Waals surface area contributed by atoms with Crippen LogP contribution in [0.3, 0.4) is 0 Å². The van der Waals surface area contributed by atoms with Crippen LogP contribution in [0.5, 0.6) is 5.75 Å². The first-order valence-corrected chi connectivity index (χ1v) is 7.71. The fourth-order valence-electron chi connectivity index (χ4n) is 2.13. The predicted molar refractivity (Wildman–Crippen MR) is 91.7 cm³/mol. The highest BCUT2D eigenvalue weighted by molar-refractivity contribution is 5.95. The van der Waals surface area contributed by atoms with Gasteiger partial charge in [0.1, 0.15) is 5.75 Å². The molecule has 0 saturated carbocycles. The van der Waals surface area contributed by atoms with Crippen molar-refractivity contribution in [3.63, 3.8) is 0 Å². The van der Waals surface area contributed by atoms with E-state index in [0.717, 1.165) is 23.4 Å². The van der Waals surface area contributed by atoms with E-state index in [9.17, 15) is 4.79 Å². The van der Waals surface area contributed by atoms with Crippen molar-refractivity contribution in [2.45, 2.75) is 6.92 Å². The third-order valence-corrected chi connectivity index (χ3v) is 3.34. The molecule has 2 aromatic rings. The molecular weight excluding hydrogens is 290 g/mol. The van der Waals surface area contributed by atoms with E-state index in [4.69, 9.17) is 4.74 Å². The van der Waals surface area contributed by atoms with Gasteiger partial charge >= 0.3 is 0 Å². The Hall–Kier alpha value is -2.40. The van der Waals surface area contributed by atoms with Gasteiger partial charge in [-0.25, -0.2) is 0 Å². The molecule has 1 heterocycles. The van der Waals surface area contributed by atoms with E-state index < -0.39 is 0 Å². The molecule has 0 aliphatic rings. The van der Waals surface area contributed by atoms with Crippen LogP contribution in [-0.2, 0) is 0 Å². The average Bonchev–Trinajstić information content (AvgIpc) is 2.55. The highest BCUT2D eigenvalue weighted by Crippen LogP contribution is 2.22. The number of carbonyl (C=O) groups excluding carboxylic acids is 1. The quantitative estimate of drug-likeness (QED) is 0.853. The predicted octanol–water partition coefficient (Wildman–Crippen LogP) is 2.44. The zero-order valence-electron chi connectivity index (χ0n) is 13.9. The summed E-state index contributed by atoms with van der Waals surface area (Å²) in [5, 5.41) is 2.89. The van der Waals surface area contributed by atoms with Gasteiger partial charge in [-0.05, 0) is 44.8 Å². The zero-order chi connectivity index (χ0) is 16.7. The van der Waals surface area contributed by atoms with Crippen LogP contribution in [0.25, 0.3) is 11.1 Å². The smallest absolute Gasteiger partial charge is 0.252 e. The summed E-state index contributed by atoms with van der Waals surface area (Å²) in [6, 6.07) is 9.63. The number of hydrogen-bond acceptors (Lipinski definition) is 4. The summed E-state index contributed by atoms with van der Waals surface area (Å²) in [5.74, 6) is 0.730. The Bertz CT molecular complexity index is 639. The lowest BCUT2D eigenvalue weighted by Gasteiger charge is -2.11. The van der Waals surface area contributed by atoms with E-state index in [1.54, 1.807) is 12.4 Å². The standard InChI is InChI=1S/C18H23N3O2/c1-4-23-17-7-5-14(6-8-17)15-11-16(13-19-12-15)18(22)20-9-10-21(2)3/h5-8,11-13H,4,9-10H2,1-3H3,(H,20,22). The Kier molecular flexibility index (Phi) is 6.11. The van der Waals surface area contributed by atoms with Gasteiger partial charge < -0.3 is 15.0 Å². The van der Waals surface area contributed by atoms with Crippen molar-refractivity contribution < 1.29 is 9.53 Å². The molecule has 2 rings (SSSR count). The largest absolute Gasteiger partial charge is 0.494 e. The number of hydrogen-bond donors (Lipinski definition) is 1. The second kappa shape index (κ2) is 8.29. The maximum absolute atomic E-state index is 12.2. The van der Waals surface area contributed by atoms with Crippen molar-refractivity contribution in [3.05, 3.63) is 48.3 Å². The monoisotopic (exact) mass is 313 g/mol. The van der Waals surface area contributed by atoms with Crippen molar-refractivity contribution in [1.82, 2.24) is 15.2 Å². The molecule has 1 aromatic carbocycles. The van der Waals surface area contributed by atoms with Crippen molar-refractivity contribution >= 4 is 5.91 Å². The summed E-state index contributed by atoms with van der Waals surface area (Å²) >= 11 is 0. The van der Waals surface area contributed by atoms with E-state index >= 15 is 0 Å². The second-order valence-corrected chi connectivity index (χ2v) is 5.48. The molecule has 0 aliphatic heterocycles. The Morgan fingerprint density at radius 3 is 2.57 bits per heavy atom. The van der Waals surface area contributed by atoms with Crippen LogP contribution in [0, 0.1) is 0 Å². The highest BCUT2D eigenvalue weighted by Gasteiger charge is 2.08. The Labute approximate surface area is 137 Å². The van der Waals surface area contributed by atoms with Gasteiger partial charge in [0.2, 0.25) is 0 Å². The number of nitrogens with zero attached hydrogens (tertiary/aromatic N) is 2. The van der Waals surface area contributed by atoms with Gasteiger partial charge in [-0.15, -0.1) is 0 Å². The minimum atomic E-state index is -0.105. The maximum atomic E-state index is 12.2. The van der Waals surface area contributed by atoms with Gasteiger partial charge in [-0.3, -0.25) is 9.78 Å². The summed E-state index contributed by atoms with van der Waals surface area (Å²) in [4.78, 5) is 18.4. The molecule has 0 saturated heterocycles. The second-order valence-electron chi connectivity index (χ2n) is 5.48. The van der Waals surface area contributed by atoms with Crippen molar-refractivity contribution in [3.8, 4) is 16.9 Å². The normalized spacial score (nSPS) is 10.6. The molecular formula is C18H23N3O2. The first kappa shape index (κ1) is 17.0. The van der Waals surface area contributed by atoms with E-state index in [-0.39, 0.29) is 5.91 Å². The molecule has 0 aliphatic carbocycles. The number of pyridine rings is 1. The van der Waals surface area contributed by atoms with E-state index in [1.807, 2.05) is 56.3 Å². The first-order valence-electron chi connectivity index (χ1n) is 7.71. The van der Waals surface area contributed by atoms with E-state index in [2.05, 4.69) is 10.3 Å². The van der Waals surface area contributed by atoms with Gasteiger partial charge in [0, 0.05) is 31.0 Å². The van der Waals surface area contributed by atoms with Crippen LogP contribution in [0.2, 0.25) is 0 Å². The lowest BCUT2D eigenvalue weighted by Crippen LogP contribution is -2.31. The number of benzene rings is 1. The number of ether oxygens (including phenoxy) is 1. The minimum Gasteiger partial charge on any atom is -0.494 e. The minimum absolute atomic E-state index is 0.105. The van der Waals surface area contributed by atoms with Crippen LogP contribution in [0.1, 0.15) is 17.3 Å². The fraction of sp³-hybridized carbons (Fsp3) is 0.333. The van der Waals surface area contributed by atoms with Gasteiger partial charge in [-0.1, -0.05) is 12.1 Å². The number of aromatic nitrogens is 1. The Morgan fingerprint density at radius 2 is 1.91 bits per heavy atom. The van der Waals surface area contributed by atoms with Crippen molar-refractivity contribution in [1.29, 1.82) is 0 Å². The average molecular weight is 313 g/mol. The molecule has 122 valence electrons. The number of amides is 1. The molecule has 0 bridgehead atoms. The molecule has 0 radical (unpaired) electrons. The van der Waals surface area contributed by atoms with Crippen molar-refractivity contribution in [2.75, 3.05) is 33.8 Å². The molecule has 1 aromatic heterocycles. The van der Waals surface area contributed by atoms with Crippen LogP contribution in [0.15, 0.2) is 42.7 Å². The maximum Gasteiger partial charge on any atom is 0.252 e. The third-order valence-electron chi connectivity index (χ3n) is 3.34. The van der Waals surface area contributed by atoms with Gasteiger partial charge in [0.05, 0.1) is 12.2 Å². The first-order chi connectivity index (χ1) is 11.1. The highest BCUT2D eigenvalue weighted by atomic mass is 16.5. The van der Waals surface area contributed by atoms with E-state index in [0.29, 0.717) is 18.7 Å². The molecule has 23 heavy (non-hydrogen) atoms. The summed E-state index contributed by atoms with van der Waals surface area (Å²) in [7, 11) is 3.94. The molecule has 1 amide bonds. The molecule has 5 nitrogen and oxygen atoms in total. The molecule has 0 fully saturated rings. The topological polar surface area (TPSA) is 54.5 Å². The fourth-order valence-corrected chi connectivity index (χ4v) is 2.13. The van der Waals surface area contributed by atoms with Gasteiger partial charge in [0.15, 0.2) is 0 Å². The Morgan fingerprint density at radius 1 is 1.17 bits per heavy atom. The van der Waals surface area contributed by atoms with Crippen LogP contribution in [0.4, 0.5) is 0 Å². The van der Waals surface area contributed by atoms with Gasteiger partial charge in [0.25, 0.3) is 5.91 Å². The number of carbonyl (C=O) groups is 1. The van der Waals surface area contributed by atoms with Crippen LogP contribution >= 0.6 is 0 Å². The summed E-state index contributed by atoms with van der Waals surface area (Å²) in [5.41, 5.74) is 2.48. The number of likely N-dealkylation sites (N-methyl/N-ethyl adjacent to an activating group) is 1. The molecule has 1 N–H and O–H groups in total. The van der Waals surface area contributed by atoms with E-state index in [1.165, 1.54) is 0 Å². The summed E-state index contributed by atoms with van der Waals surface area (Å²) in [6.07, 6.45) is 3.34. The number of nitrogens with one attached hydrogen (secondary N) is 1. The van der Waals surface area contributed by atoms with Gasteiger partial charge in [-0.2, -0.15) is 0 Å². The molecule has 0 unspecified atom stereocenters. The lowest BCUT2D eigenvalue weighted by atomic mass is 10.1. The molecule has 0 atom stereocenters. The van der Waals surface area contributed by atoms with Crippen molar-refractivity contribution in [2.24, 2.45) is 0 Å². The number of rotatable bonds is 7. The van der Waals surface area contributed by atoms with Crippen LogP contribution in [-0.4, -0.2) is 49.6 Å². The SMILES string of the molecule is CCOc1ccc(-c2cncc(C(=O)NCCN(C)C)c2)cc1. The molecule has 0 spiro atoms.